The molecule has 0 atom stereocenters. The molecule has 2 aromatic carbocycles. The summed E-state index contributed by atoms with van der Waals surface area (Å²) in [4.78, 5) is 16.5. The number of rotatable bonds is 6. The third-order valence-corrected chi connectivity index (χ3v) is 5.53. The van der Waals surface area contributed by atoms with Crippen LogP contribution in [0, 0.1) is 6.92 Å². The number of amides is 1. The van der Waals surface area contributed by atoms with Crippen LogP contribution in [0.5, 0.6) is 0 Å². The number of anilines is 1. The second kappa shape index (κ2) is 8.41. The number of hydrogen-bond donors (Lipinski definition) is 2. The van der Waals surface area contributed by atoms with E-state index in [-0.39, 0.29) is 27.1 Å². The minimum absolute atomic E-state index is 0.126. The van der Waals surface area contributed by atoms with Crippen molar-refractivity contribution in [2.75, 3.05) is 4.72 Å². The Kier molecular flexibility index (Phi) is 5.96. The van der Waals surface area contributed by atoms with Crippen LogP contribution < -0.4 is 10.0 Å². The van der Waals surface area contributed by atoms with Crippen LogP contribution in [0.2, 0.25) is 5.02 Å². The molecule has 0 aliphatic heterocycles. The number of nitrogens with zero attached hydrogens (tertiary/aromatic N) is 1. The van der Waals surface area contributed by atoms with E-state index in [0.29, 0.717) is 6.54 Å². The highest BCUT2D eigenvalue weighted by Gasteiger charge is 2.16. The number of carbonyl (C=O) groups excluding carboxylic acids is 1. The van der Waals surface area contributed by atoms with Crippen molar-refractivity contribution >= 4 is 33.2 Å². The van der Waals surface area contributed by atoms with Crippen molar-refractivity contribution in [3.63, 3.8) is 0 Å². The lowest BCUT2D eigenvalue weighted by atomic mass is 10.2. The summed E-state index contributed by atoms with van der Waals surface area (Å²) < 4.78 is 27.6. The van der Waals surface area contributed by atoms with Crippen molar-refractivity contribution in [1.29, 1.82) is 0 Å². The van der Waals surface area contributed by atoms with Crippen LogP contribution in [0.25, 0.3) is 0 Å². The molecule has 1 amide bonds. The number of benzene rings is 2. The standard InChI is InChI=1S/C20H18ClN3O3S/c1-14-4-6-19(7-5-14)28(26,27)24-18-10-16(9-17(21)11-18)20(25)23-13-15-3-2-8-22-12-15/h2-12,24H,13H2,1H3,(H,23,25). The lowest BCUT2D eigenvalue weighted by Crippen LogP contribution is -2.23. The number of nitrogens with one attached hydrogen (secondary N) is 2. The lowest BCUT2D eigenvalue weighted by molar-refractivity contribution is 0.0951. The molecule has 0 aliphatic rings. The smallest absolute Gasteiger partial charge is 0.261 e. The van der Waals surface area contributed by atoms with E-state index in [2.05, 4.69) is 15.0 Å². The first-order valence-corrected chi connectivity index (χ1v) is 10.3. The molecule has 0 saturated carbocycles. The number of aryl methyl sites for hydroxylation is 1. The van der Waals surface area contributed by atoms with Gasteiger partial charge in [0.25, 0.3) is 15.9 Å². The number of carbonyl (C=O) groups is 1. The number of pyridine rings is 1. The van der Waals surface area contributed by atoms with Crippen LogP contribution in [0.4, 0.5) is 5.69 Å². The summed E-state index contributed by atoms with van der Waals surface area (Å²) in [6, 6.07) is 14.4. The third-order valence-electron chi connectivity index (χ3n) is 3.92. The molecule has 2 N–H and O–H groups in total. The van der Waals surface area contributed by atoms with E-state index in [1.165, 1.54) is 30.3 Å². The fourth-order valence-corrected chi connectivity index (χ4v) is 3.77. The van der Waals surface area contributed by atoms with Crippen LogP contribution in [0.15, 0.2) is 71.9 Å². The van der Waals surface area contributed by atoms with Gasteiger partial charge in [-0.1, -0.05) is 35.4 Å². The van der Waals surface area contributed by atoms with E-state index in [1.54, 1.807) is 30.6 Å². The molecule has 144 valence electrons. The van der Waals surface area contributed by atoms with Gasteiger partial charge in [-0.05, 0) is 48.9 Å². The van der Waals surface area contributed by atoms with Crippen LogP contribution in [-0.2, 0) is 16.6 Å². The molecule has 1 heterocycles. The molecule has 0 radical (unpaired) electrons. The molecule has 3 aromatic rings. The molecular weight excluding hydrogens is 398 g/mol. The van der Waals surface area contributed by atoms with Crippen LogP contribution in [-0.4, -0.2) is 19.3 Å². The Labute approximate surface area is 168 Å². The van der Waals surface area contributed by atoms with Gasteiger partial charge in [-0.15, -0.1) is 0 Å². The molecule has 8 heteroatoms. The van der Waals surface area contributed by atoms with Crippen molar-refractivity contribution in [3.05, 3.63) is 88.7 Å². The molecule has 0 saturated heterocycles. The quantitative estimate of drug-likeness (QED) is 0.641. The summed E-state index contributed by atoms with van der Waals surface area (Å²) in [5.41, 5.74) is 2.25. The van der Waals surface area contributed by atoms with Gasteiger partial charge in [0.1, 0.15) is 0 Å². The van der Waals surface area contributed by atoms with Gasteiger partial charge in [-0.2, -0.15) is 0 Å². The molecule has 0 bridgehead atoms. The fraction of sp³-hybridized carbons (Fsp3) is 0.100. The first-order valence-electron chi connectivity index (χ1n) is 8.41. The Hall–Kier alpha value is -2.90. The SMILES string of the molecule is Cc1ccc(S(=O)(=O)Nc2cc(Cl)cc(C(=O)NCc3cccnc3)c2)cc1. The zero-order valence-electron chi connectivity index (χ0n) is 15.0. The Morgan fingerprint density at radius 3 is 2.54 bits per heavy atom. The van der Waals surface area contributed by atoms with Gasteiger partial charge < -0.3 is 5.32 Å². The largest absolute Gasteiger partial charge is 0.348 e. The van der Waals surface area contributed by atoms with Gasteiger partial charge in [0.2, 0.25) is 0 Å². The van der Waals surface area contributed by atoms with E-state index in [4.69, 9.17) is 11.6 Å². The molecule has 28 heavy (non-hydrogen) atoms. The van der Waals surface area contributed by atoms with Crippen molar-refractivity contribution < 1.29 is 13.2 Å². The first kappa shape index (κ1) is 19.9. The average Bonchev–Trinajstić information content (AvgIpc) is 2.66. The number of aromatic nitrogens is 1. The van der Waals surface area contributed by atoms with Crippen LogP contribution >= 0.6 is 11.6 Å². The van der Waals surface area contributed by atoms with Crippen molar-refractivity contribution in [2.24, 2.45) is 0 Å². The van der Waals surface area contributed by atoms with Crippen molar-refractivity contribution in [3.8, 4) is 0 Å². The Morgan fingerprint density at radius 2 is 1.86 bits per heavy atom. The summed E-state index contributed by atoms with van der Waals surface area (Å²) >= 11 is 6.08. The highest BCUT2D eigenvalue weighted by molar-refractivity contribution is 7.92. The molecule has 0 spiro atoms. The van der Waals surface area contributed by atoms with Gasteiger partial charge in [0.15, 0.2) is 0 Å². The average molecular weight is 416 g/mol. The van der Waals surface area contributed by atoms with Gasteiger partial charge in [0.05, 0.1) is 10.6 Å². The maximum absolute atomic E-state index is 12.6. The second-order valence-electron chi connectivity index (χ2n) is 6.19. The summed E-state index contributed by atoms with van der Waals surface area (Å²) in [6.45, 7) is 2.17. The van der Waals surface area contributed by atoms with Crippen molar-refractivity contribution in [1.82, 2.24) is 10.3 Å². The summed E-state index contributed by atoms with van der Waals surface area (Å²) in [5, 5.41) is 3.00. The molecule has 3 rings (SSSR count). The van der Waals surface area contributed by atoms with E-state index in [9.17, 15) is 13.2 Å². The number of sulfonamides is 1. The van der Waals surface area contributed by atoms with E-state index in [1.807, 2.05) is 13.0 Å². The third kappa shape index (κ3) is 5.09. The molecule has 0 fully saturated rings. The molecule has 6 nitrogen and oxygen atoms in total. The van der Waals surface area contributed by atoms with E-state index in [0.717, 1.165) is 11.1 Å². The summed E-state index contributed by atoms with van der Waals surface area (Å²) in [7, 11) is -3.79. The summed E-state index contributed by atoms with van der Waals surface area (Å²) in [5.74, 6) is -0.373. The van der Waals surface area contributed by atoms with Gasteiger partial charge in [-0.3, -0.25) is 14.5 Å². The van der Waals surface area contributed by atoms with Gasteiger partial charge in [-0.25, -0.2) is 8.42 Å². The Bertz CT molecular complexity index is 1090. The molecular formula is C20H18ClN3O3S. The predicted molar refractivity (Wildman–Crippen MR) is 109 cm³/mol. The second-order valence-corrected chi connectivity index (χ2v) is 8.31. The molecule has 0 unspecified atom stereocenters. The van der Waals surface area contributed by atoms with E-state index < -0.39 is 10.0 Å². The highest BCUT2D eigenvalue weighted by atomic mass is 35.5. The lowest BCUT2D eigenvalue weighted by Gasteiger charge is -2.11. The van der Waals surface area contributed by atoms with E-state index >= 15 is 0 Å². The van der Waals surface area contributed by atoms with Crippen molar-refractivity contribution in [2.45, 2.75) is 18.4 Å². The zero-order valence-corrected chi connectivity index (χ0v) is 16.6. The van der Waals surface area contributed by atoms with Crippen LogP contribution in [0.3, 0.4) is 0 Å². The number of hydrogen-bond acceptors (Lipinski definition) is 4. The molecule has 0 aliphatic carbocycles. The van der Waals surface area contributed by atoms with Crippen LogP contribution in [0.1, 0.15) is 21.5 Å². The van der Waals surface area contributed by atoms with Gasteiger partial charge >= 0.3 is 0 Å². The fourth-order valence-electron chi connectivity index (χ4n) is 2.50. The minimum Gasteiger partial charge on any atom is -0.348 e. The normalized spacial score (nSPS) is 11.1. The maximum Gasteiger partial charge on any atom is 0.261 e. The topological polar surface area (TPSA) is 88.2 Å². The highest BCUT2D eigenvalue weighted by Crippen LogP contribution is 2.22. The predicted octanol–water partition coefficient (Wildman–Crippen LogP) is 3.77. The minimum atomic E-state index is -3.79. The van der Waals surface area contributed by atoms with Gasteiger partial charge in [0, 0.05) is 29.5 Å². The Morgan fingerprint density at radius 1 is 1.11 bits per heavy atom. The maximum atomic E-state index is 12.6. The zero-order chi connectivity index (χ0) is 20.1. The molecule has 1 aromatic heterocycles. The first-order chi connectivity index (χ1) is 13.3. The Balaban J connectivity index is 1.77. The number of halogens is 1. The monoisotopic (exact) mass is 415 g/mol. The summed E-state index contributed by atoms with van der Waals surface area (Å²) in [6.07, 6.45) is 3.30.